The van der Waals surface area contributed by atoms with Crippen LogP contribution in [-0.2, 0) is 17.2 Å². The quantitative estimate of drug-likeness (QED) is 0.603. The summed E-state index contributed by atoms with van der Waals surface area (Å²) < 4.78 is 20.5. The highest BCUT2D eigenvalue weighted by molar-refractivity contribution is 7.72. The topological polar surface area (TPSA) is 89.3 Å². The normalized spacial score (nSPS) is 10.3. The summed E-state index contributed by atoms with van der Waals surface area (Å²) >= 11 is 0. The molecule has 1 rings (SSSR count). The zero-order valence-electron chi connectivity index (χ0n) is 7.97. The van der Waals surface area contributed by atoms with Crippen LogP contribution in [0.3, 0.4) is 0 Å². The van der Waals surface area contributed by atoms with Gasteiger partial charge in [-0.05, 0) is 17.7 Å². The Bertz CT molecular complexity index is 404. The molecule has 5 nitrogen and oxygen atoms in total. The summed E-state index contributed by atoms with van der Waals surface area (Å²) in [4.78, 5) is 11.3. The van der Waals surface area contributed by atoms with Gasteiger partial charge in [0.05, 0.1) is 0 Å². The smallest absolute Gasteiger partial charge is 0.252 e. The largest absolute Gasteiger partial charge is 0.338 e. The van der Waals surface area contributed by atoms with Crippen molar-refractivity contribution in [2.24, 2.45) is 5.73 Å². The highest BCUT2D eigenvalue weighted by atomic mass is 32.2. The first kappa shape index (κ1) is 11.7. The molecule has 0 aliphatic carbocycles. The van der Waals surface area contributed by atoms with Crippen molar-refractivity contribution in [2.75, 3.05) is 5.88 Å². The summed E-state index contributed by atoms with van der Waals surface area (Å²) in [6, 6.07) is 6.67. The van der Waals surface area contributed by atoms with Gasteiger partial charge in [-0.3, -0.25) is 4.79 Å². The standard InChI is InChI=1S/C9H12N2O3S/c10-5-7-1-3-8(4-2-7)9(12)11-6-15(13)14/h1-4,15H,5-6,10H2,(H,11,12). The second kappa shape index (κ2) is 5.47. The van der Waals surface area contributed by atoms with Crippen molar-refractivity contribution >= 4 is 16.6 Å². The van der Waals surface area contributed by atoms with Crippen molar-refractivity contribution in [1.82, 2.24) is 5.32 Å². The second-order valence-corrected chi connectivity index (χ2v) is 3.88. The molecule has 0 spiro atoms. The highest BCUT2D eigenvalue weighted by Gasteiger charge is 2.04. The van der Waals surface area contributed by atoms with Crippen LogP contribution in [-0.4, -0.2) is 20.2 Å². The average molecular weight is 228 g/mol. The second-order valence-electron chi connectivity index (χ2n) is 2.90. The Balaban J connectivity index is 2.66. The Hall–Kier alpha value is -1.40. The monoisotopic (exact) mass is 228 g/mol. The molecule has 82 valence electrons. The summed E-state index contributed by atoms with van der Waals surface area (Å²) in [5, 5.41) is 2.27. The van der Waals surface area contributed by atoms with Gasteiger partial charge in [0, 0.05) is 12.1 Å². The Morgan fingerprint density at radius 3 is 2.33 bits per heavy atom. The molecule has 0 aromatic heterocycles. The van der Waals surface area contributed by atoms with Gasteiger partial charge in [-0.25, -0.2) is 8.42 Å². The molecule has 0 saturated carbocycles. The molecule has 0 fully saturated rings. The SMILES string of the molecule is NCc1ccc(C(=O)NC[SH](=O)=O)cc1. The number of amides is 1. The fourth-order valence-corrected chi connectivity index (χ4v) is 1.30. The fourth-order valence-electron chi connectivity index (χ4n) is 1.03. The molecule has 15 heavy (non-hydrogen) atoms. The predicted octanol–water partition coefficient (Wildman–Crippen LogP) is -0.556. The van der Waals surface area contributed by atoms with Gasteiger partial charge >= 0.3 is 0 Å². The third kappa shape index (κ3) is 3.69. The minimum Gasteiger partial charge on any atom is -0.338 e. The van der Waals surface area contributed by atoms with Gasteiger partial charge in [0.15, 0.2) is 10.7 Å². The molecule has 1 amide bonds. The van der Waals surface area contributed by atoms with Crippen molar-refractivity contribution in [3.8, 4) is 0 Å². The van der Waals surface area contributed by atoms with Crippen LogP contribution in [0.4, 0.5) is 0 Å². The molecule has 0 bridgehead atoms. The van der Waals surface area contributed by atoms with E-state index in [1.54, 1.807) is 24.3 Å². The van der Waals surface area contributed by atoms with Crippen molar-refractivity contribution in [1.29, 1.82) is 0 Å². The lowest BCUT2D eigenvalue weighted by molar-refractivity contribution is 0.0960. The van der Waals surface area contributed by atoms with Gasteiger partial charge in [-0.15, -0.1) is 0 Å². The molecule has 0 radical (unpaired) electrons. The van der Waals surface area contributed by atoms with E-state index in [1.165, 1.54) is 0 Å². The zero-order chi connectivity index (χ0) is 11.3. The maximum Gasteiger partial charge on any atom is 0.252 e. The number of hydrogen-bond donors (Lipinski definition) is 3. The van der Waals surface area contributed by atoms with E-state index in [0.29, 0.717) is 12.1 Å². The van der Waals surface area contributed by atoms with Gasteiger partial charge in [-0.1, -0.05) is 12.1 Å². The number of thiol groups is 1. The van der Waals surface area contributed by atoms with Gasteiger partial charge in [0.2, 0.25) is 0 Å². The number of carbonyl (C=O) groups is 1. The first-order chi connectivity index (χ1) is 7.13. The highest BCUT2D eigenvalue weighted by Crippen LogP contribution is 2.03. The lowest BCUT2D eigenvalue weighted by Gasteiger charge is -2.02. The Morgan fingerprint density at radius 2 is 1.87 bits per heavy atom. The molecular weight excluding hydrogens is 216 g/mol. The first-order valence-corrected chi connectivity index (χ1v) is 5.68. The molecule has 0 atom stereocenters. The van der Waals surface area contributed by atoms with Crippen LogP contribution >= 0.6 is 0 Å². The van der Waals surface area contributed by atoms with Crippen molar-refractivity contribution in [3.05, 3.63) is 35.4 Å². The molecule has 0 heterocycles. The maximum atomic E-state index is 11.3. The number of carbonyl (C=O) groups excluding carboxylic acids is 1. The first-order valence-electron chi connectivity index (χ1n) is 4.32. The summed E-state index contributed by atoms with van der Waals surface area (Å²) in [5.74, 6) is -0.745. The molecule has 0 aliphatic rings. The van der Waals surface area contributed by atoms with E-state index in [0.717, 1.165) is 5.56 Å². The molecular formula is C9H12N2O3S. The van der Waals surface area contributed by atoms with Crippen LogP contribution in [0.5, 0.6) is 0 Å². The van der Waals surface area contributed by atoms with Crippen LogP contribution < -0.4 is 11.1 Å². The number of nitrogens with two attached hydrogens (primary N) is 1. The lowest BCUT2D eigenvalue weighted by Crippen LogP contribution is -2.25. The third-order valence-corrected chi connectivity index (χ3v) is 2.24. The number of hydrogen-bond acceptors (Lipinski definition) is 4. The van der Waals surface area contributed by atoms with Gasteiger partial charge in [0.1, 0.15) is 5.88 Å². The fraction of sp³-hybridized carbons (Fsp3) is 0.222. The molecule has 0 saturated heterocycles. The molecule has 1 aromatic carbocycles. The predicted molar refractivity (Wildman–Crippen MR) is 57.0 cm³/mol. The average Bonchev–Trinajstić information content (AvgIpc) is 2.26. The Labute approximate surface area is 89.2 Å². The Kier molecular flexibility index (Phi) is 4.26. The summed E-state index contributed by atoms with van der Waals surface area (Å²) in [6.07, 6.45) is 0. The van der Waals surface area contributed by atoms with Gasteiger partial charge in [-0.2, -0.15) is 0 Å². The number of rotatable bonds is 4. The van der Waals surface area contributed by atoms with Crippen LogP contribution in [0.15, 0.2) is 24.3 Å². The van der Waals surface area contributed by atoms with Gasteiger partial charge in [0.25, 0.3) is 5.91 Å². The van der Waals surface area contributed by atoms with Crippen LogP contribution in [0, 0.1) is 0 Å². The van der Waals surface area contributed by atoms with E-state index in [9.17, 15) is 13.2 Å². The number of nitrogens with one attached hydrogen (secondary N) is 1. The number of benzene rings is 1. The minimum atomic E-state index is -2.58. The van der Waals surface area contributed by atoms with Crippen molar-refractivity contribution < 1.29 is 13.2 Å². The third-order valence-electron chi connectivity index (χ3n) is 1.82. The maximum absolute atomic E-state index is 11.3. The van der Waals surface area contributed by atoms with Gasteiger partial charge < -0.3 is 11.1 Å². The van der Waals surface area contributed by atoms with E-state index >= 15 is 0 Å². The van der Waals surface area contributed by atoms with Crippen LogP contribution in [0.2, 0.25) is 0 Å². The van der Waals surface area contributed by atoms with E-state index in [2.05, 4.69) is 5.32 Å². The van der Waals surface area contributed by atoms with Crippen LogP contribution in [0.1, 0.15) is 15.9 Å². The minimum absolute atomic E-state index is 0.340. The zero-order valence-corrected chi connectivity index (χ0v) is 8.87. The summed E-state index contributed by atoms with van der Waals surface area (Å²) in [5.41, 5.74) is 6.73. The van der Waals surface area contributed by atoms with E-state index in [-0.39, 0.29) is 5.88 Å². The molecule has 0 aliphatic heterocycles. The van der Waals surface area contributed by atoms with Crippen LogP contribution in [0.25, 0.3) is 0 Å². The summed E-state index contributed by atoms with van der Waals surface area (Å²) in [6.45, 7) is 0.411. The Morgan fingerprint density at radius 1 is 1.27 bits per heavy atom. The summed E-state index contributed by atoms with van der Waals surface area (Å²) in [7, 11) is -2.58. The molecule has 6 heteroatoms. The molecule has 3 N–H and O–H groups in total. The molecule has 1 aromatic rings. The van der Waals surface area contributed by atoms with E-state index in [1.807, 2.05) is 0 Å². The van der Waals surface area contributed by atoms with E-state index in [4.69, 9.17) is 5.73 Å². The van der Waals surface area contributed by atoms with Crippen molar-refractivity contribution in [3.63, 3.8) is 0 Å². The molecule has 0 unspecified atom stereocenters. The van der Waals surface area contributed by atoms with E-state index < -0.39 is 16.6 Å². The lowest BCUT2D eigenvalue weighted by atomic mass is 10.1. The van der Waals surface area contributed by atoms with Crippen molar-refractivity contribution in [2.45, 2.75) is 6.54 Å².